The normalized spacial score (nSPS) is 15.8. The van der Waals surface area contributed by atoms with E-state index in [-0.39, 0.29) is 5.92 Å². The number of aryl methyl sites for hydroxylation is 1. The van der Waals surface area contributed by atoms with Crippen LogP contribution in [0.3, 0.4) is 0 Å². The maximum absolute atomic E-state index is 13.7. The Morgan fingerprint density at radius 2 is 1.50 bits per heavy atom. The van der Waals surface area contributed by atoms with Gasteiger partial charge in [-0.05, 0) is 30.7 Å². The molecular weight excluding hydrogens is 366 g/mol. The van der Waals surface area contributed by atoms with Crippen molar-refractivity contribution in [2.45, 2.75) is 17.7 Å². The smallest absolute Gasteiger partial charge is 0.236 e. The zero-order valence-corrected chi connectivity index (χ0v) is 16.2. The first-order chi connectivity index (χ1) is 13.6. The summed E-state index contributed by atoms with van der Waals surface area (Å²) in [4.78, 5) is 0.306. The molecule has 3 nitrogen and oxygen atoms in total. The van der Waals surface area contributed by atoms with Crippen LogP contribution in [0.15, 0.2) is 89.8 Å². The summed E-state index contributed by atoms with van der Waals surface area (Å²) in [5, 5.41) is 0.961. The van der Waals surface area contributed by atoms with Gasteiger partial charge in [-0.3, -0.25) is 0 Å². The third kappa shape index (κ3) is 2.45. The average molecular weight is 385 g/mol. The van der Waals surface area contributed by atoms with Gasteiger partial charge in [0.15, 0.2) is 0 Å². The van der Waals surface area contributed by atoms with Crippen molar-refractivity contribution in [1.82, 2.24) is 3.97 Å². The first-order valence-electron chi connectivity index (χ1n) is 9.26. The average Bonchev–Trinajstić information content (AvgIpc) is 3.27. The second kappa shape index (κ2) is 6.21. The monoisotopic (exact) mass is 385 g/mol. The van der Waals surface area contributed by atoms with Gasteiger partial charge in [-0.1, -0.05) is 78.4 Å². The van der Waals surface area contributed by atoms with Crippen LogP contribution in [-0.2, 0) is 10.0 Å². The zero-order valence-electron chi connectivity index (χ0n) is 15.4. The minimum atomic E-state index is -3.73. The van der Waals surface area contributed by atoms with Crippen LogP contribution in [0, 0.1) is 6.92 Å². The lowest BCUT2D eigenvalue weighted by Crippen LogP contribution is -2.17. The fourth-order valence-electron chi connectivity index (χ4n) is 4.01. The molecule has 1 aromatic heterocycles. The van der Waals surface area contributed by atoms with Crippen LogP contribution in [0.5, 0.6) is 0 Å². The highest BCUT2D eigenvalue weighted by atomic mass is 32.2. The lowest BCUT2D eigenvalue weighted by atomic mass is 9.98. The number of para-hydroxylation sites is 1. The summed E-state index contributed by atoms with van der Waals surface area (Å²) >= 11 is 0. The number of allylic oxidation sites excluding steroid dienone is 1. The van der Waals surface area contributed by atoms with Crippen LogP contribution < -0.4 is 0 Å². The van der Waals surface area contributed by atoms with E-state index >= 15 is 0 Å². The van der Waals surface area contributed by atoms with Crippen molar-refractivity contribution in [3.05, 3.63) is 107 Å². The van der Waals surface area contributed by atoms with Crippen molar-refractivity contribution in [2.24, 2.45) is 0 Å². The summed E-state index contributed by atoms with van der Waals surface area (Å²) in [7, 11) is -3.73. The third-order valence-electron chi connectivity index (χ3n) is 5.38. The van der Waals surface area contributed by atoms with Gasteiger partial charge in [0.2, 0.25) is 0 Å². The summed E-state index contributed by atoms with van der Waals surface area (Å²) in [5.74, 6) is -0.0937. The third-order valence-corrected chi connectivity index (χ3v) is 7.12. The summed E-state index contributed by atoms with van der Waals surface area (Å²) < 4.78 is 28.9. The van der Waals surface area contributed by atoms with Crippen molar-refractivity contribution in [2.75, 3.05) is 0 Å². The summed E-state index contributed by atoms with van der Waals surface area (Å²) in [6.45, 7) is 1.95. The van der Waals surface area contributed by atoms with Gasteiger partial charge >= 0.3 is 0 Å². The Morgan fingerprint density at radius 3 is 2.25 bits per heavy atom. The lowest BCUT2D eigenvalue weighted by molar-refractivity contribution is 0.587. The molecule has 0 saturated carbocycles. The van der Waals surface area contributed by atoms with E-state index in [1.807, 2.05) is 73.7 Å². The van der Waals surface area contributed by atoms with Crippen molar-refractivity contribution in [3.8, 4) is 0 Å². The molecule has 1 heterocycles. The number of fused-ring (bicyclic) bond motifs is 3. The molecule has 1 aliphatic rings. The van der Waals surface area contributed by atoms with Crippen LogP contribution in [0.2, 0.25) is 0 Å². The molecule has 0 radical (unpaired) electrons. The number of aromatic nitrogens is 1. The van der Waals surface area contributed by atoms with E-state index in [0.717, 1.165) is 33.3 Å². The molecule has 1 aliphatic carbocycles. The highest BCUT2D eigenvalue weighted by Gasteiger charge is 2.32. The second-order valence-electron chi connectivity index (χ2n) is 7.15. The van der Waals surface area contributed by atoms with Crippen LogP contribution in [0.25, 0.3) is 17.0 Å². The maximum atomic E-state index is 13.7. The Bertz CT molecular complexity index is 1310. The molecule has 28 heavy (non-hydrogen) atoms. The second-order valence-corrected chi connectivity index (χ2v) is 8.93. The minimum Gasteiger partial charge on any atom is -0.236 e. The first kappa shape index (κ1) is 17.0. The summed E-state index contributed by atoms with van der Waals surface area (Å²) in [5.41, 5.74) is 4.64. The molecule has 0 bridgehead atoms. The molecule has 4 heteroatoms. The lowest BCUT2D eigenvalue weighted by Gasteiger charge is -2.17. The predicted molar refractivity (Wildman–Crippen MR) is 113 cm³/mol. The van der Waals surface area contributed by atoms with Crippen LogP contribution >= 0.6 is 0 Å². The summed E-state index contributed by atoms with van der Waals surface area (Å²) in [6.07, 6.45) is 4.14. The Morgan fingerprint density at radius 1 is 0.821 bits per heavy atom. The maximum Gasteiger partial charge on any atom is 0.268 e. The fourth-order valence-corrected chi connectivity index (χ4v) is 5.59. The molecule has 0 fully saturated rings. The van der Waals surface area contributed by atoms with Gasteiger partial charge in [0.05, 0.1) is 16.1 Å². The van der Waals surface area contributed by atoms with Crippen molar-refractivity contribution >= 4 is 27.0 Å². The molecule has 138 valence electrons. The zero-order chi connectivity index (χ0) is 19.3. The molecule has 5 rings (SSSR count). The highest BCUT2D eigenvalue weighted by Crippen LogP contribution is 2.42. The van der Waals surface area contributed by atoms with E-state index in [0.29, 0.717) is 4.90 Å². The van der Waals surface area contributed by atoms with Gasteiger partial charge in [0, 0.05) is 16.9 Å². The van der Waals surface area contributed by atoms with E-state index in [9.17, 15) is 8.42 Å². The number of rotatable bonds is 3. The quantitative estimate of drug-likeness (QED) is 0.477. The minimum absolute atomic E-state index is 0.0937. The van der Waals surface area contributed by atoms with Gasteiger partial charge in [-0.25, -0.2) is 12.4 Å². The molecule has 3 aromatic carbocycles. The van der Waals surface area contributed by atoms with Gasteiger partial charge < -0.3 is 0 Å². The van der Waals surface area contributed by atoms with Gasteiger partial charge in [-0.15, -0.1) is 0 Å². The van der Waals surface area contributed by atoms with Crippen LogP contribution in [0.1, 0.15) is 28.3 Å². The van der Waals surface area contributed by atoms with E-state index in [4.69, 9.17) is 0 Å². The van der Waals surface area contributed by atoms with E-state index in [1.165, 1.54) is 0 Å². The number of hydrogen-bond acceptors (Lipinski definition) is 2. The van der Waals surface area contributed by atoms with Crippen LogP contribution in [-0.4, -0.2) is 12.4 Å². The van der Waals surface area contributed by atoms with Gasteiger partial charge in [0.25, 0.3) is 10.0 Å². The molecular formula is C24H19NO2S. The largest absolute Gasteiger partial charge is 0.268 e. The van der Waals surface area contributed by atoms with Gasteiger partial charge in [-0.2, -0.15) is 0 Å². The van der Waals surface area contributed by atoms with E-state index in [1.54, 1.807) is 16.1 Å². The molecule has 1 unspecified atom stereocenters. The topological polar surface area (TPSA) is 39.1 Å². The standard InChI is InChI=1S/C24H19NO2S/c1-17-11-13-19(14-12-17)28(26,27)25-23-10-6-5-9-21(23)22-16-15-20(24(22)25)18-7-3-2-4-8-18/h2-16,20H,1H3. The molecule has 0 N–H and O–H groups in total. The van der Waals surface area contributed by atoms with Gasteiger partial charge in [0.1, 0.15) is 0 Å². The Hall–Kier alpha value is -3.11. The van der Waals surface area contributed by atoms with Crippen molar-refractivity contribution in [1.29, 1.82) is 0 Å². The Kier molecular flexibility index (Phi) is 3.78. The first-order valence-corrected chi connectivity index (χ1v) is 10.7. The van der Waals surface area contributed by atoms with Crippen LogP contribution in [0.4, 0.5) is 0 Å². The summed E-state index contributed by atoms with van der Waals surface area (Å²) in [6, 6.07) is 24.8. The van der Waals surface area contributed by atoms with E-state index in [2.05, 4.69) is 12.2 Å². The fraction of sp³-hybridized carbons (Fsp3) is 0.0833. The van der Waals surface area contributed by atoms with E-state index < -0.39 is 10.0 Å². The number of hydrogen-bond donors (Lipinski definition) is 0. The molecule has 1 atom stereocenters. The highest BCUT2D eigenvalue weighted by molar-refractivity contribution is 7.90. The molecule has 4 aromatic rings. The molecule has 0 spiro atoms. The number of benzene rings is 3. The predicted octanol–water partition coefficient (Wildman–Crippen LogP) is 5.35. The Balaban J connectivity index is 1.82. The molecule has 0 amide bonds. The Labute approximate surface area is 164 Å². The molecule has 0 aliphatic heterocycles. The SMILES string of the molecule is Cc1ccc(S(=O)(=O)n2c3c(c4ccccc42)C=CC3c2ccccc2)cc1. The molecule has 0 saturated heterocycles. The number of nitrogens with zero attached hydrogens (tertiary/aromatic N) is 1. The van der Waals surface area contributed by atoms with Crippen molar-refractivity contribution in [3.63, 3.8) is 0 Å². The van der Waals surface area contributed by atoms with Crippen molar-refractivity contribution < 1.29 is 8.42 Å².